The van der Waals surface area contributed by atoms with Crippen molar-refractivity contribution in [3.8, 4) is 22.6 Å². The molecule has 1 aliphatic heterocycles. The number of hydrogen-bond donors (Lipinski definition) is 1. The number of anilines is 1. The van der Waals surface area contributed by atoms with Crippen LogP contribution in [0.1, 0.15) is 12.0 Å². The highest BCUT2D eigenvalue weighted by molar-refractivity contribution is 7.93. The second kappa shape index (κ2) is 10.3. The Balaban J connectivity index is 1.72. The number of likely N-dealkylation sites (tertiary alicyclic amines) is 1. The van der Waals surface area contributed by atoms with Crippen LogP contribution >= 0.6 is 34.5 Å². The second-order valence-corrected chi connectivity index (χ2v) is 12.0. The van der Waals surface area contributed by atoms with E-state index >= 15 is 0 Å². The normalized spacial score (nSPS) is 16.8. The van der Waals surface area contributed by atoms with E-state index in [1.807, 2.05) is 11.9 Å². The molecule has 2 aromatic carbocycles. The molecular formula is C23H21Cl2F3N2O4S2. The Bertz CT molecular complexity index is 1380. The van der Waals surface area contributed by atoms with Crippen LogP contribution in [0, 0.1) is 0 Å². The van der Waals surface area contributed by atoms with Gasteiger partial charge in [-0.2, -0.15) is 13.2 Å². The van der Waals surface area contributed by atoms with E-state index < -0.39 is 33.6 Å². The predicted octanol–water partition coefficient (Wildman–Crippen LogP) is 6.63. The summed E-state index contributed by atoms with van der Waals surface area (Å²) >= 11 is 13.5. The second-order valence-electron chi connectivity index (χ2n) is 8.19. The molecule has 0 amide bonds. The van der Waals surface area contributed by atoms with Gasteiger partial charge in [0.25, 0.3) is 10.0 Å². The van der Waals surface area contributed by atoms with Gasteiger partial charge >= 0.3 is 6.18 Å². The number of likely N-dealkylation sites (N-methyl/N-ethyl adjacent to an activating group) is 1. The fourth-order valence-electron chi connectivity index (χ4n) is 3.92. The Labute approximate surface area is 220 Å². The minimum Gasteiger partial charge on any atom is -0.497 e. The highest BCUT2D eigenvalue weighted by Crippen LogP contribution is 2.47. The molecule has 3 aromatic rings. The maximum absolute atomic E-state index is 13.6. The van der Waals surface area contributed by atoms with Gasteiger partial charge in [-0.1, -0.05) is 35.3 Å². The van der Waals surface area contributed by atoms with E-state index in [0.717, 1.165) is 29.5 Å². The number of nitrogens with zero attached hydrogens (tertiary/aromatic N) is 1. The largest absolute Gasteiger partial charge is 0.497 e. The zero-order valence-corrected chi connectivity index (χ0v) is 22.2. The van der Waals surface area contributed by atoms with E-state index in [4.69, 9.17) is 32.7 Å². The van der Waals surface area contributed by atoms with E-state index in [2.05, 4.69) is 4.72 Å². The summed E-state index contributed by atoms with van der Waals surface area (Å²) in [5.74, 6) is 0.0229. The van der Waals surface area contributed by atoms with Crippen molar-refractivity contribution in [2.45, 2.75) is 23.6 Å². The number of rotatable bonds is 7. The molecule has 0 unspecified atom stereocenters. The molecule has 0 spiro atoms. The van der Waals surface area contributed by atoms with Gasteiger partial charge in [0.05, 0.1) is 18.4 Å². The number of methoxy groups -OCH3 is 1. The first-order chi connectivity index (χ1) is 16.9. The molecule has 0 saturated carbocycles. The monoisotopic (exact) mass is 580 g/mol. The van der Waals surface area contributed by atoms with Gasteiger partial charge in [-0.3, -0.25) is 4.72 Å². The van der Waals surface area contributed by atoms with Crippen molar-refractivity contribution in [2.75, 3.05) is 32.0 Å². The van der Waals surface area contributed by atoms with Gasteiger partial charge in [-0.25, -0.2) is 8.42 Å². The number of sulfonamides is 1. The van der Waals surface area contributed by atoms with E-state index in [0.29, 0.717) is 30.8 Å². The Morgan fingerprint density at radius 3 is 2.53 bits per heavy atom. The molecule has 0 aliphatic carbocycles. The fourth-order valence-corrected chi connectivity index (χ4v) is 7.59. The van der Waals surface area contributed by atoms with Gasteiger partial charge in [0.2, 0.25) is 0 Å². The van der Waals surface area contributed by atoms with Crippen LogP contribution in [0.3, 0.4) is 0 Å². The van der Waals surface area contributed by atoms with Crippen LogP contribution in [-0.2, 0) is 16.2 Å². The van der Waals surface area contributed by atoms with E-state index in [1.54, 1.807) is 24.3 Å². The average Bonchev–Trinajstić information content (AvgIpc) is 3.34. The summed E-state index contributed by atoms with van der Waals surface area (Å²) in [5, 5.41) is 0. The van der Waals surface area contributed by atoms with Gasteiger partial charge in [-0.15, -0.1) is 11.3 Å². The molecule has 2 heterocycles. The Kier molecular flexibility index (Phi) is 7.68. The summed E-state index contributed by atoms with van der Waals surface area (Å²) in [5.41, 5.74) is -0.492. The van der Waals surface area contributed by atoms with E-state index in [9.17, 15) is 21.6 Å². The lowest BCUT2D eigenvalue weighted by Gasteiger charge is -2.19. The summed E-state index contributed by atoms with van der Waals surface area (Å²) in [6.45, 7) is 1.14. The fraction of sp³-hybridized carbons (Fsp3) is 0.304. The molecule has 1 N–H and O–H groups in total. The van der Waals surface area contributed by atoms with Crippen molar-refractivity contribution in [1.29, 1.82) is 0 Å². The summed E-state index contributed by atoms with van der Waals surface area (Å²) in [4.78, 5) is 1.65. The molecule has 1 fully saturated rings. The molecule has 194 valence electrons. The lowest BCUT2D eigenvalue weighted by Crippen LogP contribution is -2.23. The number of alkyl halides is 3. The maximum Gasteiger partial charge on any atom is 0.419 e. The number of benzene rings is 2. The standard InChI is InChI=1S/C23H21Cl2F3N2O4S2/c1-30-9-8-16(12-30)34-18-11-14(6-7-17(18)23(26,27)28)29-36(31,32)20-19(21(24)35-22(20)25)13-4-3-5-15(10-13)33-2/h3-7,10-11,16,29H,8-9,12H2,1-2H3/t16-/m1/s1. The molecule has 1 atom stereocenters. The molecule has 1 aromatic heterocycles. The molecule has 1 aliphatic rings. The summed E-state index contributed by atoms with van der Waals surface area (Å²) in [6, 6.07) is 9.45. The minimum absolute atomic E-state index is 0.0947. The Hall–Kier alpha value is -2.18. The topological polar surface area (TPSA) is 67.9 Å². The van der Waals surface area contributed by atoms with Crippen molar-refractivity contribution in [3.63, 3.8) is 0 Å². The van der Waals surface area contributed by atoms with Crippen molar-refractivity contribution in [2.24, 2.45) is 0 Å². The van der Waals surface area contributed by atoms with Crippen LogP contribution in [-0.4, -0.2) is 46.7 Å². The van der Waals surface area contributed by atoms with Crippen LogP contribution in [0.25, 0.3) is 11.1 Å². The quantitative estimate of drug-likeness (QED) is 0.339. The van der Waals surface area contributed by atoms with E-state index in [1.165, 1.54) is 7.11 Å². The van der Waals surface area contributed by atoms with Gasteiger partial charge in [0.1, 0.15) is 31.2 Å². The SMILES string of the molecule is COc1cccc(-c2c(Cl)sc(Cl)c2S(=O)(=O)Nc2ccc(C(F)(F)F)c(O[C@@H]3CCN(C)C3)c2)c1. The molecular weight excluding hydrogens is 560 g/mol. The summed E-state index contributed by atoms with van der Waals surface area (Å²) < 4.78 is 80.9. The third kappa shape index (κ3) is 5.70. The van der Waals surface area contributed by atoms with Crippen molar-refractivity contribution >= 4 is 50.2 Å². The molecule has 36 heavy (non-hydrogen) atoms. The number of nitrogens with one attached hydrogen (secondary N) is 1. The van der Waals surface area contributed by atoms with Crippen molar-refractivity contribution in [3.05, 3.63) is 56.7 Å². The number of hydrogen-bond acceptors (Lipinski definition) is 6. The van der Waals surface area contributed by atoms with Crippen LogP contribution in [0.5, 0.6) is 11.5 Å². The molecule has 0 radical (unpaired) electrons. The average molecular weight is 581 g/mol. The maximum atomic E-state index is 13.6. The highest BCUT2D eigenvalue weighted by atomic mass is 35.5. The Morgan fingerprint density at radius 1 is 1.14 bits per heavy atom. The van der Waals surface area contributed by atoms with Gasteiger partial charge in [0, 0.05) is 24.7 Å². The number of ether oxygens (including phenoxy) is 2. The molecule has 0 bridgehead atoms. The Morgan fingerprint density at radius 2 is 1.89 bits per heavy atom. The van der Waals surface area contributed by atoms with Crippen LogP contribution in [0.2, 0.25) is 8.67 Å². The lowest BCUT2D eigenvalue weighted by atomic mass is 10.1. The highest BCUT2D eigenvalue weighted by Gasteiger charge is 2.36. The first-order valence-electron chi connectivity index (χ1n) is 10.6. The third-order valence-electron chi connectivity index (χ3n) is 5.59. The lowest BCUT2D eigenvalue weighted by molar-refractivity contribution is -0.139. The van der Waals surface area contributed by atoms with Gasteiger partial charge in [-0.05, 0) is 43.3 Å². The first-order valence-corrected chi connectivity index (χ1v) is 13.7. The predicted molar refractivity (Wildman–Crippen MR) is 135 cm³/mol. The molecule has 13 heteroatoms. The van der Waals surface area contributed by atoms with E-state index in [-0.39, 0.29) is 24.8 Å². The minimum atomic E-state index is -4.68. The van der Waals surface area contributed by atoms with Crippen molar-refractivity contribution < 1.29 is 31.1 Å². The number of halogens is 5. The van der Waals surface area contributed by atoms with Crippen LogP contribution in [0.4, 0.5) is 18.9 Å². The molecule has 4 rings (SSSR count). The van der Waals surface area contributed by atoms with Crippen LogP contribution < -0.4 is 14.2 Å². The summed E-state index contributed by atoms with van der Waals surface area (Å²) in [7, 11) is -1.06. The number of thiophene rings is 1. The molecule has 1 saturated heterocycles. The van der Waals surface area contributed by atoms with Crippen LogP contribution in [0.15, 0.2) is 47.4 Å². The van der Waals surface area contributed by atoms with Gasteiger partial charge < -0.3 is 14.4 Å². The van der Waals surface area contributed by atoms with Crippen molar-refractivity contribution in [1.82, 2.24) is 4.90 Å². The first kappa shape index (κ1) is 26.9. The zero-order chi connectivity index (χ0) is 26.3. The zero-order valence-electron chi connectivity index (χ0n) is 19.0. The van der Waals surface area contributed by atoms with Gasteiger partial charge in [0.15, 0.2) is 0 Å². The third-order valence-corrected chi connectivity index (χ3v) is 8.89. The summed E-state index contributed by atoms with van der Waals surface area (Å²) in [6.07, 6.45) is -4.58. The molecule has 6 nitrogen and oxygen atoms in total. The smallest absolute Gasteiger partial charge is 0.419 e.